The molecule has 4 rings (SSSR count). The Balaban J connectivity index is 2.04. The minimum absolute atomic E-state index is 0.00320. The summed E-state index contributed by atoms with van der Waals surface area (Å²) >= 11 is 6.88. The number of alkyl halides is 1. The molecule has 11 atom stereocenters. The Kier molecular flexibility index (Phi) is 10.3. The van der Waals surface area contributed by atoms with Crippen molar-refractivity contribution in [3.05, 3.63) is 12.2 Å². The quantitative estimate of drug-likeness (QED) is 0.138. The number of fused-ring (bicyclic) bond motifs is 3. The van der Waals surface area contributed by atoms with E-state index in [1.54, 1.807) is 20.8 Å². The van der Waals surface area contributed by atoms with Crippen LogP contribution in [0.1, 0.15) is 81.1 Å². The Morgan fingerprint density at radius 2 is 1.63 bits per heavy atom. The Bertz CT molecular complexity index is 1260. The number of hydrogen-bond donors (Lipinski definition) is 1. The predicted molar refractivity (Wildman–Crippen MR) is 162 cm³/mol. The van der Waals surface area contributed by atoms with E-state index in [0.29, 0.717) is 5.57 Å². The van der Waals surface area contributed by atoms with Crippen molar-refractivity contribution in [3.63, 3.8) is 0 Å². The van der Waals surface area contributed by atoms with Crippen molar-refractivity contribution in [1.82, 2.24) is 0 Å². The smallest absolute Gasteiger partial charge is 0.312 e. The first-order valence-electron chi connectivity index (χ1n) is 15.9. The fourth-order valence-corrected chi connectivity index (χ4v) is 7.95. The molecule has 46 heavy (non-hydrogen) atoms. The van der Waals surface area contributed by atoms with Gasteiger partial charge in [0.2, 0.25) is 0 Å². The van der Waals surface area contributed by atoms with Gasteiger partial charge in [0.25, 0.3) is 0 Å². The molecule has 0 aromatic heterocycles. The van der Waals surface area contributed by atoms with Crippen LogP contribution in [0.25, 0.3) is 0 Å². The first-order chi connectivity index (χ1) is 21.3. The maximum absolute atomic E-state index is 13.3. The average Bonchev–Trinajstić information content (AvgIpc) is 3.69. The molecule has 11 unspecified atom stereocenters. The zero-order valence-corrected chi connectivity index (χ0v) is 28.6. The third kappa shape index (κ3) is 6.29. The van der Waals surface area contributed by atoms with Crippen molar-refractivity contribution in [2.45, 2.75) is 128 Å². The zero-order valence-electron chi connectivity index (χ0n) is 27.8. The van der Waals surface area contributed by atoms with E-state index in [-0.39, 0.29) is 38.2 Å². The van der Waals surface area contributed by atoms with E-state index in [0.717, 1.165) is 6.92 Å². The summed E-state index contributed by atoms with van der Waals surface area (Å²) in [6.45, 7) is 16.7. The summed E-state index contributed by atoms with van der Waals surface area (Å²) in [6, 6.07) is 0. The van der Waals surface area contributed by atoms with E-state index in [1.807, 2.05) is 13.8 Å². The highest BCUT2D eigenvalue weighted by Crippen LogP contribution is 2.63. The third-order valence-electron chi connectivity index (χ3n) is 10.1. The van der Waals surface area contributed by atoms with Gasteiger partial charge in [0.05, 0.1) is 29.2 Å². The second-order valence-corrected chi connectivity index (χ2v) is 14.6. The molecule has 1 N–H and O–H groups in total. The molecular formula is C33H47ClO12. The second kappa shape index (κ2) is 13.1. The fourth-order valence-electron chi connectivity index (χ4n) is 7.59. The van der Waals surface area contributed by atoms with Gasteiger partial charge in [-0.2, -0.15) is 0 Å². The number of esters is 5. The summed E-state index contributed by atoms with van der Waals surface area (Å²) in [6.07, 6.45) is -5.80. The lowest BCUT2D eigenvalue weighted by Gasteiger charge is -2.58. The van der Waals surface area contributed by atoms with Gasteiger partial charge in [-0.3, -0.25) is 24.0 Å². The number of hydrogen-bond acceptors (Lipinski definition) is 12. The minimum Gasteiger partial charge on any atom is -0.462 e. The number of ether oxygens (including phenoxy) is 6. The van der Waals surface area contributed by atoms with E-state index in [9.17, 15) is 29.1 Å². The van der Waals surface area contributed by atoms with Gasteiger partial charge >= 0.3 is 29.8 Å². The number of aliphatic hydroxyl groups is 1. The molecule has 0 amide bonds. The van der Waals surface area contributed by atoms with Crippen LogP contribution in [0.2, 0.25) is 0 Å². The molecule has 2 saturated heterocycles. The van der Waals surface area contributed by atoms with Crippen LogP contribution in [0.15, 0.2) is 12.2 Å². The first kappa shape index (κ1) is 36.1. The molecule has 2 aliphatic heterocycles. The molecule has 258 valence electrons. The van der Waals surface area contributed by atoms with Crippen LogP contribution >= 0.6 is 11.6 Å². The Labute approximate surface area is 274 Å². The van der Waals surface area contributed by atoms with Crippen LogP contribution in [-0.2, 0) is 52.4 Å². The number of carbonyl (C=O) groups is 5. The zero-order chi connectivity index (χ0) is 34.5. The molecule has 2 saturated carbocycles. The molecule has 12 nitrogen and oxygen atoms in total. The topological polar surface area (TPSA) is 164 Å². The molecule has 0 aromatic rings. The van der Waals surface area contributed by atoms with Crippen molar-refractivity contribution in [2.75, 3.05) is 6.61 Å². The minimum atomic E-state index is -2.27. The Hall–Kier alpha value is -2.70. The third-order valence-corrected chi connectivity index (χ3v) is 10.6. The van der Waals surface area contributed by atoms with E-state index < -0.39 is 100 Å². The van der Waals surface area contributed by atoms with E-state index in [4.69, 9.17) is 40.0 Å². The lowest BCUT2D eigenvalue weighted by Crippen LogP contribution is -2.72. The Morgan fingerprint density at radius 1 is 1.02 bits per heavy atom. The van der Waals surface area contributed by atoms with Gasteiger partial charge in [-0.1, -0.05) is 46.8 Å². The van der Waals surface area contributed by atoms with Crippen LogP contribution in [0, 0.1) is 29.1 Å². The van der Waals surface area contributed by atoms with Gasteiger partial charge < -0.3 is 33.5 Å². The number of rotatable bonds is 7. The summed E-state index contributed by atoms with van der Waals surface area (Å²) in [5, 5.41) is 11.6. The molecule has 0 bridgehead atoms. The molecule has 0 radical (unpaired) electrons. The van der Waals surface area contributed by atoms with Crippen molar-refractivity contribution in [2.24, 2.45) is 29.1 Å². The summed E-state index contributed by atoms with van der Waals surface area (Å²) < 4.78 is 36.1. The van der Waals surface area contributed by atoms with Crippen LogP contribution in [-0.4, -0.2) is 88.7 Å². The van der Waals surface area contributed by atoms with Gasteiger partial charge in [0.1, 0.15) is 30.0 Å². The van der Waals surface area contributed by atoms with Gasteiger partial charge in [-0.05, 0) is 25.7 Å². The van der Waals surface area contributed by atoms with Gasteiger partial charge in [0, 0.05) is 32.6 Å². The predicted octanol–water partition coefficient (Wildman–Crippen LogP) is 3.42. The van der Waals surface area contributed by atoms with Crippen LogP contribution < -0.4 is 0 Å². The maximum atomic E-state index is 13.3. The second-order valence-electron chi connectivity index (χ2n) is 14.2. The average molecular weight is 671 g/mol. The molecule has 2 heterocycles. The molecule has 13 heteroatoms. The molecule has 4 fully saturated rings. The van der Waals surface area contributed by atoms with Gasteiger partial charge in [-0.15, -0.1) is 11.6 Å². The molecule has 4 aliphatic rings. The number of carbonyl (C=O) groups excluding carboxylic acids is 5. The standard InChI is InChI=1S/C33H47ClO12/c1-15(2)12-24(37)44-23-13-22(42-19(7)35)31(9)21(45-29(38)16(3)4)11-10-17(5)25(34)27-33(40,18(6)30(39)46-27)28(43-20(8)36)26(31)32(23)14-41-32/h15-16,18,21-23,25-28,40H,5,10-14H2,1-4,6-9H3. The van der Waals surface area contributed by atoms with Gasteiger partial charge in [0.15, 0.2) is 11.7 Å². The summed E-state index contributed by atoms with van der Waals surface area (Å²) in [5.41, 5.74) is -4.72. The lowest BCUT2D eigenvalue weighted by molar-refractivity contribution is -0.260. The Morgan fingerprint density at radius 3 is 2.15 bits per heavy atom. The summed E-state index contributed by atoms with van der Waals surface area (Å²) in [4.78, 5) is 65.2. The highest BCUT2D eigenvalue weighted by molar-refractivity contribution is 6.23. The van der Waals surface area contributed by atoms with Crippen molar-refractivity contribution in [1.29, 1.82) is 0 Å². The van der Waals surface area contributed by atoms with Crippen LogP contribution in [0.4, 0.5) is 0 Å². The molecule has 1 spiro atoms. The van der Waals surface area contributed by atoms with E-state index >= 15 is 0 Å². The maximum Gasteiger partial charge on any atom is 0.312 e. The van der Waals surface area contributed by atoms with Crippen molar-refractivity contribution < 1.29 is 57.5 Å². The summed E-state index contributed by atoms with van der Waals surface area (Å²) in [5.74, 6) is -6.29. The number of epoxide rings is 1. The number of halogens is 1. The SMILES string of the molecule is C=C1CCC(OC(=O)C(C)C)C2(C)C(OC(C)=O)CC(OC(=O)CC(C)C)C3(CO3)C2C(OC(C)=O)C2(O)C(C)C(=O)OC2C1Cl. The summed E-state index contributed by atoms with van der Waals surface area (Å²) in [7, 11) is 0. The van der Waals surface area contributed by atoms with Crippen molar-refractivity contribution in [3.8, 4) is 0 Å². The van der Waals surface area contributed by atoms with Crippen LogP contribution in [0.5, 0.6) is 0 Å². The van der Waals surface area contributed by atoms with Crippen molar-refractivity contribution >= 4 is 41.4 Å². The highest BCUT2D eigenvalue weighted by Gasteiger charge is 2.78. The normalized spacial score (nSPS) is 40.4. The molecule has 0 aromatic carbocycles. The lowest BCUT2D eigenvalue weighted by atomic mass is 9.51. The first-order valence-corrected chi connectivity index (χ1v) is 16.4. The van der Waals surface area contributed by atoms with E-state index in [1.165, 1.54) is 13.8 Å². The monoisotopic (exact) mass is 670 g/mol. The molecular weight excluding hydrogens is 624 g/mol. The fraction of sp³-hybridized carbons (Fsp3) is 0.788. The van der Waals surface area contributed by atoms with E-state index in [2.05, 4.69) is 6.58 Å². The molecule has 2 aliphatic carbocycles. The largest absolute Gasteiger partial charge is 0.462 e. The van der Waals surface area contributed by atoms with Crippen LogP contribution in [0.3, 0.4) is 0 Å². The van der Waals surface area contributed by atoms with Gasteiger partial charge in [-0.25, -0.2) is 0 Å². The highest BCUT2D eigenvalue weighted by atomic mass is 35.5.